The molecule has 8 heteroatoms. The second kappa shape index (κ2) is 7.40. The molecular formula is C20H19N5O2S. The van der Waals surface area contributed by atoms with Gasteiger partial charge in [-0.05, 0) is 37.3 Å². The monoisotopic (exact) mass is 393 g/mol. The molecule has 4 aromatic rings. The molecule has 0 fully saturated rings. The lowest BCUT2D eigenvalue weighted by atomic mass is 10.1. The van der Waals surface area contributed by atoms with E-state index < -0.39 is 0 Å². The number of pyridine rings is 1. The first-order valence-electron chi connectivity index (χ1n) is 8.72. The number of rotatable bonds is 5. The van der Waals surface area contributed by atoms with E-state index in [9.17, 15) is 4.79 Å². The lowest BCUT2D eigenvalue weighted by Crippen LogP contribution is -2.22. The minimum absolute atomic E-state index is 0.151. The number of nitrogens with zero attached hydrogens (tertiary/aromatic N) is 4. The SMILES string of the molecule is COc1c2ccc(C(=O)NCc3sc(-c4cccnc4)nc3C)cc2nn1C. The summed E-state index contributed by atoms with van der Waals surface area (Å²) in [5.41, 5.74) is 3.17. The predicted molar refractivity (Wildman–Crippen MR) is 109 cm³/mol. The Morgan fingerprint density at radius 2 is 2.18 bits per heavy atom. The highest BCUT2D eigenvalue weighted by molar-refractivity contribution is 7.15. The molecule has 1 N–H and O–H groups in total. The number of hydrogen-bond donors (Lipinski definition) is 1. The van der Waals surface area contributed by atoms with E-state index in [0.717, 1.165) is 32.0 Å². The molecule has 28 heavy (non-hydrogen) atoms. The highest BCUT2D eigenvalue weighted by Gasteiger charge is 2.14. The molecule has 0 radical (unpaired) electrons. The number of aromatic nitrogens is 4. The van der Waals surface area contributed by atoms with E-state index in [4.69, 9.17) is 4.74 Å². The van der Waals surface area contributed by atoms with Gasteiger partial charge < -0.3 is 10.1 Å². The maximum absolute atomic E-state index is 12.6. The van der Waals surface area contributed by atoms with Crippen molar-refractivity contribution in [2.24, 2.45) is 7.05 Å². The molecule has 0 aliphatic rings. The van der Waals surface area contributed by atoms with Crippen LogP contribution in [0.4, 0.5) is 0 Å². The molecular weight excluding hydrogens is 374 g/mol. The van der Waals surface area contributed by atoms with Crippen molar-refractivity contribution in [2.45, 2.75) is 13.5 Å². The fourth-order valence-corrected chi connectivity index (χ4v) is 4.02. The quantitative estimate of drug-likeness (QED) is 0.562. The van der Waals surface area contributed by atoms with Gasteiger partial charge in [0.15, 0.2) is 0 Å². The van der Waals surface area contributed by atoms with E-state index in [1.54, 1.807) is 47.7 Å². The molecule has 0 unspecified atom stereocenters. The summed E-state index contributed by atoms with van der Waals surface area (Å²) in [5.74, 6) is 0.521. The number of carbonyl (C=O) groups is 1. The Labute approximate surface area is 166 Å². The van der Waals surface area contributed by atoms with Crippen molar-refractivity contribution in [1.29, 1.82) is 0 Å². The Balaban J connectivity index is 1.50. The number of hydrogen-bond acceptors (Lipinski definition) is 6. The molecule has 4 rings (SSSR count). The zero-order chi connectivity index (χ0) is 19.7. The van der Waals surface area contributed by atoms with Crippen LogP contribution in [-0.2, 0) is 13.6 Å². The average molecular weight is 393 g/mol. The van der Waals surface area contributed by atoms with Crippen LogP contribution in [0.5, 0.6) is 5.88 Å². The van der Waals surface area contributed by atoms with Crippen LogP contribution in [-0.4, -0.2) is 32.8 Å². The summed E-state index contributed by atoms with van der Waals surface area (Å²) >= 11 is 1.56. The van der Waals surface area contributed by atoms with Gasteiger partial charge in [-0.3, -0.25) is 9.78 Å². The Kier molecular flexibility index (Phi) is 4.79. The number of fused-ring (bicyclic) bond motifs is 1. The first-order valence-corrected chi connectivity index (χ1v) is 9.54. The molecule has 3 heterocycles. The summed E-state index contributed by atoms with van der Waals surface area (Å²) in [6.45, 7) is 2.37. The van der Waals surface area contributed by atoms with Crippen molar-refractivity contribution in [3.05, 3.63) is 58.9 Å². The molecule has 142 valence electrons. The zero-order valence-corrected chi connectivity index (χ0v) is 16.6. The normalized spacial score (nSPS) is 11.0. The molecule has 3 aromatic heterocycles. The summed E-state index contributed by atoms with van der Waals surface area (Å²) in [6.07, 6.45) is 3.52. The maximum Gasteiger partial charge on any atom is 0.251 e. The standard InChI is InChI=1S/C20H19N5O2S/c1-12-17(28-19(23-12)14-5-4-8-21-10-14)11-22-18(26)13-6-7-15-16(9-13)24-25(2)20(15)27-3/h4-10H,11H2,1-3H3,(H,22,26). The predicted octanol–water partition coefficient (Wildman–Crippen LogP) is 3.34. The average Bonchev–Trinajstić information content (AvgIpc) is 3.24. The number of thiazole rings is 1. The fraction of sp³-hybridized carbons (Fsp3) is 0.200. The van der Waals surface area contributed by atoms with Crippen LogP contribution in [0.2, 0.25) is 0 Å². The molecule has 0 saturated carbocycles. The molecule has 0 spiro atoms. The molecule has 1 aromatic carbocycles. The number of ether oxygens (including phenoxy) is 1. The van der Waals surface area contributed by atoms with Crippen molar-refractivity contribution in [3.8, 4) is 16.5 Å². The smallest absolute Gasteiger partial charge is 0.251 e. The number of carbonyl (C=O) groups excluding carboxylic acids is 1. The molecule has 0 aliphatic heterocycles. The molecule has 0 saturated heterocycles. The second-order valence-corrected chi connectivity index (χ2v) is 7.40. The van der Waals surface area contributed by atoms with Crippen LogP contribution in [0, 0.1) is 6.92 Å². The van der Waals surface area contributed by atoms with Crippen molar-refractivity contribution < 1.29 is 9.53 Å². The van der Waals surface area contributed by atoms with Gasteiger partial charge >= 0.3 is 0 Å². The molecule has 1 amide bonds. The van der Waals surface area contributed by atoms with Crippen LogP contribution in [0.25, 0.3) is 21.5 Å². The van der Waals surface area contributed by atoms with E-state index >= 15 is 0 Å². The first kappa shape index (κ1) is 18.1. The zero-order valence-electron chi connectivity index (χ0n) is 15.8. The van der Waals surface area contributed by atoms with Gasteiger partial charge in [0, 0.05) is 35.4 Å². The number of aryl methyl sites for hydroxylation is 2. The third-order valence-corrected chi connectivity index (χ3v) is 5.65. The van der Waals surface area contributed by atoms with Gasteiger partial charge in [0.1, 0.15) is 5.01 Å². The number of benzene rings is 1. The van der Waals surface area contributed by atoms with Crippen LogP contribution >= 0.6 is 11.3 Å². The van der Waals surface area contributed by atoms with Crippen molar-refractivity contribution in [3.63, 3.8) is 0 Å². The van der Waals surface area contributed by atoms with Crippen LogP contribution in [0.1, 0.15) is 20.9 Å². The van der Waals surface area contributed by atoms with Gasteiger partial charge in [0.2, 0.25) is 5.88 Å². The third kappa shape index (κ3) is 3.34. The molecule has 0 bridgehead atoms. The minimum Gasteiger partial charge on any atom is -0.481 e. The molecule has 0 atom stereocenters. The summed E-state index contributed by atoms with van der Waals surface area (Å²) in [6, 6.07) is 9.27. The summed E-state index contributed by atoms with van der Waals surface area (Å²) in [5, 5.41) is 9.14. The Hall–Kier alpha value is -3.26. The van der Waals surface area contributed by atoms with Crippen LogP contribution in [0.15, 0.2) is 42.7 Å². The molecule has 7 nitrogen and oxygen atoms in total. The summed E-state index contributed by atoms with van der Waals surface area (Å²) in [4.78, 5) is 22.4. The largest absolute Gasteiger partial charge is 0.481 e. The first-order chi connectivity index (χ1) is 13.6. The summed E-state index contributed by atoms with van der Waals surface area (Å²) < 4.78 is 7.01. The van der Waals surface area contributed by atoms with Gasteiger partial charge in [-0.2, -0.15) is 5.10 Å². The third-order valence-electron chi connectivity index (χ3n) is 4.45. The fourth-order valence-electron chi connectivity index (χ4n) is 3.03. The van der Waals surface area contributed by atoms with Crippen LogP contribution in [0.3, 0.4) is 0 Å². The van der Waals surface area contributed by atoms with E-state index in [0.29, 0.717) is 18.0 Å². The Bertz CT molecular complexity index is 1150. The topological polar surface area (TPSA) is 81.9 Å². The Morgan fingerprint density at radius 1 is 1.32 bits per heavy atom. The maximum atomic E-state index is 12.6. The Morgan fingerprint density at radius 3 is 2.93 bits per heavy atom. The lowest BCUT2D eigenvalue weighted by molar-refractivity contribution is 0.0951. The van der Waals surface area contributed by atoms with E-state index in [1.165, 1.54) is 0 Å². The minimum atomic E-state index is -0.151. The van der Waals surface area contributed by atoms with Gasteiger partial charge in [-0.25, -0.2) is 9.67 Å². The van der Waals surface area contributed by atoms with Crippen LogP contribution < -0.4 is 10.1 Å². The van der Waals surface area contributed by atoms with Gasteiger partial charge in [-0.1, -0.05) is 0 Å². The highest BCUT2D eigenvalue weighted by Crippen LogP contribution is 2.28. The number of methoxy groups -OCH3 is 1. The second-order valence-electron chi connectivity index (χ2n) is 6.32. The summed E-state index contributed by atoms with van der Waals surface area (Å²) in [7, 11) is 3.42. The van der Waals surface area contributed by atoms with E-state index in [1.807, 2.05) is 32.2 Å². The lowest BCUT2D eigenvalue weighted by Gasteiger charge is -2.04. The van der Waals surface area contributed by atoms with E-state index in [2.05, 4.69) is 20.4 Å². The van der Waals surface area contributed by atoms with Gasteiger partial charge in [-0.15, -0.1) is 11.3 Å². The van der Waals surface area contributed by atoms with Crippen molar-refractivity contribution >= 4 is 28.1 Å². The van der Waals surface area contributed by atoms with Crippen molar-refractivity contribution in [2.75, 3.05) is 7.11 Å². The molecule has 0 aliphatic carbocycles. The van der Waals surface area contributed by atoms with E-state index in [-0.39, 0.29) is 5.91 Å². The van der Waals surface area contributed by atoms with Gasteiger partial charge in [0.05, 0.1) is 30.3 Å². The number of amides is 1. The number of nitrogens with one attached hydrogen (secondary N) is 1. The highest BCUT2D eigenvalue weighted by atomic mass is 32.1. The van der Waals surface area contributed by atoms with Gasteiger partial charge in [0.25, 0.3) is 5.91 Å². The van der Waals surface area contributed by atoms with Crippen molar-refractivity contribution in [1.82, 2.24) is 25.1 Å².